The van der Waals surface area contributed by atoms with Crippen molar-refractivity contribution in [1.29, 1.82) is 0 Å². The van der Waals surface area contributed by atoms with Gasteiger partial charge >= 0.3 is 0 Å². The number of rotatable bonds is 3. The summed E-state index contributed by atoms with van der Waals surface area (Å²) in [4.78, 5) is 1.95. The zero-order chi connectivity index (χ0) is 14.7. The molecule has 0 atom stereocenters. The predicted octanol–water partition coefficient (Wildman–Crippen LogP) is 2.93. The molecule has 4 nitrogen and oxygen atoms in total. The molecule has 1 heterocycles. The average Bonchev–Trinajstić information content (AvgIpc) is 3.00. The predicted molar refractivity (Wildman–Crippen MR) is 86.8 cm³/mol. The van der Waals surface area contributed by atoms with E-state index < -0.39 is 0 Å². The lowest BCUT2D eigenvalue weighted by molar-refractivity contribution is 0.174. The number of thiocarbonyl (C=S) groups is 1. The van der Waals surface area contributed by atoms with Crippen LogP contribution in [-0.4, -0.2) is 19.0 Å². The van der Waals surface area contributed by atoms with Crippen LogP contribution in [0, 0.1) is 0 Å². The van der Waals surface area contributed by atoms with E-state index in [4.69, 9.17) is 21.7 Å². The molecular weight excluding hydrogens is 284 g/mol. The zero-order valence-corrected chi connectivity index (χ0v) is 12.5. The molecule has 0 amide bonds. The van der Waals surface area contributed by atoms with Crippen LogP contribution in [0.1, 0.15) is 5.56 Å². The number of hydrogen-bond donors (Lipinski definition) is 1. The van der Waals surface area contributed by atoms with E-state index in [1.807, 2.05) is 60.5 Å². The second-order valence-corrected chi connectivity index (χ2v) is 5.13. The fourth-order valence-electron chi connectivity index (χ4n) is 2.12. The Labute approximate surface area is 129 Å². The summed E-state index contributed by atoms with van der Waals surface area (Å²) >= 11 is 5.42. The van der Waals surface area contributed by atoms with E-state index in [1.54, 1.807) is 0 Å². The van der Waals surface area contributed by atoms with Crippen LogP contribution in [0.3, 0.4) is 0 Å². The largest absolute Gasteiger partial charge is 0.454 e. The third-order valence-corrected chi connectivity index (χ3v) is 3.75. The molecule has 21 heavy (non-hydrogen) atoms. The van der Waals surface area contributed by atoms with Crippen molar-refractivity contribution in [1.82, 2.24) is 5.32 Å². The highest BCUT2D eigenvalue weighted by Gasteiger charge is 2.13. The van der Waals surface area contributed by atoms with Gasteiger partial charge in [-0.2, -0.15) is 0 Å². The van der Waals surface area contributed by atoms with Gasteiger partial charge in [0.2, 0.25) is 6.79 Å². The molecule has 2 aromatic rings. The van der Waals surface area contributed by atoms with E-state index in [9.17, 15) is 0 Å². The summed E-state index contributed by atoms with van der Waals surface area (Å²) in [6.45, 7) is 0.939. The third-order valence-electron chi connectivity index (χ3n) is 3.33. The summed E-state index contributed by atoms with van der Waals surface area (Å²) in [6.07, 6.45) is 0. The highest BCUT2D eigenvalue weighted by atomic mass is 32.1. The number of benzene rings is 2. The minimum absolute atomic E-state index is 0.293. The van der Waals surface area contributed by atoms with Crippen molar-refractivity contribution < 1.29 is 9.47 Å². The Kier molecular flexibility index (Phi) is 3.92. The van der Waals surface area contributed by atoms with Gasteiger partial charge in [0.15, 0.2) is 16.6 Å². The van der Waals surface area contributed by atoms with Crippen LogP contribution < -0.4 is 19.7 Å². The molecule has 0 unspecified atom stereocenters. The second kappa shape index (κ2) is 6.01. The van der Waals surface area contributed by atoms with Crippen LogP contribution in [0.4, 0.5) is 5.69 Å². The van der Waals surface area contributed by atoms with Crippen LogP contribution >= 0.6 is 12.2 Å². The van der Waals surface area contributed by atoms with Crippen LogP contribution in [0.15, 0.2) is 48.5 Å². The first-order valence-corrected chi connectivity index (χ1v) is 7.10. The maximum atomic E-state index is 5.42. The van der Waals surface area contributed by atoms with Crippen LogP contribution in [0.25, 0.3) is 0 Å². The molecule has 1 aliphatic heterocycles. The summed E-state index contributed by atoms with van der Waals surface area (Å²) < 4.78 is 10.7. The van der Waals surface area contributed by atoms with Crippen molar-refractivity contribution in [2.45, 2.75) is 6.54 Å². The van der Waals surface area contributed by atoms with Gasteiger partial charge in [-0.1, -0.05) is 24.3 Å². The minimum Gasteiger partial charge on any atom is -0.454 e. The third kappa shape index (κ3) is 3.08. The lowest BCUT2D eigenvalue weighted by Crippen LogP contribution is -2.36. The second-order valence-electron chi connectivity index (χ2n) is 4.74. The van der Waals surface area contributed by atoms with E-state index in [2.05, 4.69) is 5.32 Å². The summed E-state index contributed by atoms with van der Waals surface area (Å²) in [5.41, 5.74) is 2.16. The molecule has 0 saturated heterocycles. The Bertz CT molecular complexity index is 646. The topological polar surface area (TPSA) is 33.7 Å². The van der Waals surface area contributed by atoms with Gasteiger partial charge in [-0.05, 0) is 42.0 Å². The Hall–Kier alpha value is -2.27. The van der Waals surface area contributed by atoms with Gasteiger partial charge in [-0.15, -0.1) is 0 Å². The number of anilines is 1. The molecule has 108 valence electrons. The van der Waals surface area contributed by atoms with Crippen molar-refractivity contribution in [2.24, 2.45) is 0 Å². The van der Waals surface area contributed by atoms with Crippen LogP contribution in [0.5, 0.6) is 11.5 Å². The Morgan fingerprint density at radius 2 is 1.90 bits per heavy atom. The van der Waals surface area contributed by atoms with E-state index in [0.29, 0.717) is 18.5 Å². The maximum absolute atomic E-state index is 5.42. The van der Waals surface area contributed by atoms with Crippen molar-refractivity contribution in [2.75, 3.05) is 18.7 Å². The summed E-state index contributed by atoms with van der Waals surface area (Å²) in [6, 6.07) is 15.9. The smallest absolute Gasteiger partial charge is 0.231 e. The standard InChI is InChI=1S/C16H16N2O2S/c1-18(13-5-3-2-4-6-13)16(21)17-10-12-7-8-14-15(9-12)20-11-19-14/h2-9H,10-11H2,1H3,(H,17,21). The fourth-order valence-corrected chi connectivity index (χ4v) is 2.29. The van der Waals surface area contributed by atoms with Gasteiger partial charge in [0.05, 0.1) is 0 Å². The molecule has 1 N–H and O–H groups in total. The number of hydrogen-bond acceptors (Lipinski definition) is 3. The molecule has 0 spiro atoms. The van der Waals surface area contributed by atoms with Crippen LogP contribution in [0.2, 0.25) is 0 Å². The molecule has 0 radical (unpaired) electrons. The van der Waals surface area contributed by atoms with Gasteiger partial charge in [0.1, 0.15) is 0 Å². The summed E-state index contributed by atoms with van der Waals surface area (Å²) in [5.74, 6) is 1.58. The molecule has 5 heteroatoms. The Morgan fingerprint density at radius 1 is 1.14 bits per heavy atom. The molecule has 0 bridgehead atoms. The first-order valence-electron chi connectivity index (χ1n) is 6.69. The molecule has 1 aliphatic rings. The molecular formula is C16H16N2O2S. The van der Waals surface area contributed by atoms with Gasteiger partial charge < -0.3 is 19.7 Å². The van der Waals surface area contributed by atoms with Crippen LogP contribution in [-0.2, 0) is 6.54 Å². The summed E-state index contributed by atoms with van der Waals surface area (Å²) in [7, 11) is 1.95. The van der Waals surface area contributed by atoms with E-state index in [-0.39, 0.29) is 0 Å². The molecule has 0 aliphatic carbocycles. The van der Waals surface area contributed by atoms with Crippen molar-refractivity contribution in [3.8, 4) is 11.5 Å². The van der Waals surface area contributed by atoms with Gasteiger partial charge in [-0.3, -0.25) is 0 Å². The normalized spacial score (nSPS) is 12.0. The highest BCUT2D eigenvalue weighted by molar-refractivity contribution is 7.80. The summed E-state index contributed by atoms with van der Waals surface area (Å²) in [5, 5.41) is 3.93. The molecule has 0 saturated carbocycles. The Balaban J connectivity index is 1.61. The number of nitrogens with one attached hydrogen (secondary N) is 1. The van der Waals surface area contributed by atoms with Crippen molar-refractivity contribution in [3.05, 3.63) is 54.1 Å². The quantitative estimate of drug-likeness (QED) is 0.882. The van der Waals surface area contributed by atoms with Gasteiger partial charge in [-0.25, -0.2) is 0 Å². The van der Waals surface area contributed by atoms with E-state index in [0.717, 1.165) is 22.7 Å². The zero-order valence-electron chi connectivity index (χ0n) is 11.7. The average molecular weight is 300 g/mol. The molecule has 0 fully saturated rings. The molecule has 2 aromatic carbocycles. The molecule has 0 aromatic heterocycles. The van der Waals surface area contributed by atoms with Crippen molar-refractivity contribution in [3.63, 3.8) is 0 Å². The minimum atomic E-state index is 0.293. The lowest BCUT2D eigenvalue weighted by Gasteiger charge is -2.21. The molecule has 3 rings (SSSR count). The van der Waals surface area contributed by atoms with E-state index >= 15 is 0 Å². The van der Waals surface area contributed by atoms with Gasteiger partial charge in [0, 0.05) is 19.3 Å². The highest BCUT2D eigenvalue weighted by Crippen LogP contribution is 2.32. The first kappa shape index (κ1) is 13.7. The number of para-hydroxylation sites is 1. The van der Waals surface area contributed by atoms with E-state index in [1.165, 1.54) is 0 Å². The fraction of sp³-hybridized carbons (Fsp3) is 0.188. The lowest BCUT2D eigenvalue weighted by atomic mass is 10.2. The Morgan fingerprint density at radius 3 is 2.71 bits per heavy atom. The monoisotopic (exact) mass is 300 g/mol. The number of nitrogens with zero attached hydrogens (tertiary/aromatic N) is 1. The SMILES string of the molecule is CN(C(=S)NCc1ccc2c(c1)OCO2)c1ccccc1. The number of ether oxygens (including phenoxy) is 2. The van der Waals surface area contributed by atoms with Gasteiger partial charge in [0.25, 0.3) is 0 Å². The number of fused-ring (bicyclic) bond motifs is 1. The van der Waals surface area contributed by atoms with Crippen molar-refractivity contribution >= 4 is 23.0 Å². The first-order chi connectivity index (χ1) is 10.2. The maximum Gasteiger partial charge on any atom is 0.231 e.